The van der Waals surface area contributed by atoms with Crippen LogP contribution in [0.15, 0.2) is 24.3 Å². The Hall–Kier alpha value is -0.971. The molecule has 0 radical (unpaired) electrons. The fraction of sp³-hybridized carbons (Fsp3) is 0.364. The first-order chi connectivity index (χ1) is 6.86. The SMILES string of the molecule is COc1ccc(CCC[Se]C#N)cc1. The van der Waals surface area contributed by atoms with Crippen LogP contribution in [0.1, 0.15) is 12.0 Å². The molecule has 14 heavy (non-hydrogen) atoms. The maximum atomic E-state index is 8.39. The molecule has 0 bridgehead atoms. The predicted molar refractivity (Wildman–Crippen MR) is 57.5 cm³/mol. The molecule has 0 aliphatic carbocycles. The molecule has 2 nitrogen and oxygen atoms in total. The molecule has 74 valence electrons. The normalized spacial score (nSPS) is 9.43. The summed E-state index contributed by atoms with van der Waals surface area (Å²) in [6.07, 6.45) is 2.17. The third-order valence-corrected chi connectivity index (χ3v) is 3.24. The minimum atomic E-state index is 0.173. The Kier molecular flexibility index (Phi) is 5.14. The summed E-state index contributed by atoms with van der Waals surface area (Å²) in [7, 11) is 1.67. The van der Waals surface area contributed by atoms with E-state index in [1.165, 1.54) is 5.56 Å². The van der Waals surface area contributed by atoms with E-state index in [4.69, 9.17) is 10.00 Å². The minimum absolute atomic E-state index is 0.173. The van der Waals surface area contributed by atoms with Crippen LogP contribution in [0.4, 0.5) is 0 Å². The van der Waals surface area contributed by atoms with Crippen molar-refractivity contribution in [3.8, 4) is 10.7 Å². The van der Waals surface area contributed by atoms with Gasteiger partial charge in [0.25, 0.3) is 0 Å². The van der Waals surface area contributed by atoms with Gasteiger partial charge in [-0.15, -0.1) is 0 Å². The molecule has 0 aliphatic heterocycles. The van der Waals surface area contributed by atoms with Gasteiger partial charge in [-0.1, -0.05) is 0 Å². The molecule has 0 heterocycles. The summed E-state index contributed by atoms with van der Waals surface area (Å²) >= 11 is 0.173. The second-order valence-corrected chi connectivity index (χ2v) is 4.74. The van der Waals surface area contributed by atoms with Crippen LogP contribution in [0.2, 0.25) is 5.32 Å². The van der Waals surface area contributed by atoms with Crippen LogP contribution in [-0.2, 0) is 6.42 Å². The zero-order valence-electron chi connectivity index (χ0n) is 8.19. The fourth-order valence-electron chi connectivity index (χ4n) is 1.19. The third kappa shape index (κ3) is 3.83. The molecule has 0 fully saturated rings. The summed E-state index contributed by atoms with van der Waals surface area (Å²) in [5, 5.41) is 9.44. The zero-order valence-corrected chi connectivity index (χ0v) is 9.91. The second kappa shape index (κ2) is 6.48. The average Bonchev–Trinajstić information content (AvgIpc) is 2.25. The Morgan fingerprint density at radius 3 is 2.64 bits per heavy atom. The molecule has 0 unspecified atom stereocenters. The summed E-state index contributed by atoms with van der Waals surface area (Å²) in [4.78, 5) is 2.21. The van der Waals surface area contributed by atoms with E-state index in [-0.39, 0.29) is 15.0 Å². The fourth-order valence-corrected chi connectivity index (χ4v) is 1.98. The number of rotatable bonds is 5. The number of hydrogen-bond acceptors (Lipinski definition) is 2. The quantitative estimate of drug-likeness (QED) is 0.596. The van der Waals surface area contributed by atoms with Crippen LogP contribution in [-0.4, -0.2) is 22.1 Å². The van der Waals surface area contributed by atoms with Crippen molar-refractivity contribution in [1.29, 1.82) is 5.26 Å². The van der Waals surface area contributed by atoms with Crippen LogP contribution in [0.25, 0.3) is 0 Å². The van der Waals surface area contributed by atoms with E-state index in [1.807, 2.05) is 12.1 Å². The number of methoxy groups -OCH3 is 1. The number of benzene rings is 1. The number of nitrogens with zero attached hydrogens (tertiary/aromatic N) is 1. The standard InChI is InChI=1S/C11H13NOSe/c1-13-11-6-4-10(5-7-11)3-2-8-14-9-12/h4-7H,2-3,8H2,1H3. The molecule has 0 spiro atoms. The van der Waals surface area contributed by atoms with E-state index in [9.17, 15) is 0 Å². The van der Waals surface area contributed by atoms with Gasteiger partial charge >= 0.3 is 90.8 Å². The van der Waals surface area contributed by atoms with Crippen LogP contribution in [0.3, 0.4) is 0 Å². The van der Waals surface area contributed by atoms with E-state index < -0.39 is 0 Å². The Balaban J connectivity index is 2.33. The van der Waals surface area contributed by atoms with Crippen molar-refractivity contribution in [3.05, 3.63) is 29.8 Å². The summed E-state index contributed by atoms with van der Waals surface area (Å²) in [5.74, 6) is 0.898. The van der Waals surface area contributed by atoms with E-state index in [0.29, 0.717) is 0 Å². The van der Waals surface area contributed by atoms with Crippen LogP contribution in [0.5, 0.6) is 5.75 Å². The van der Waals surface area contributed by atoms with Crippen molar-refractivity contribution >= 4 is 15.0 Å². The first kappa shape index (κ1) is 11.1. The zero-order chi connectivity index (χ0) is 10.2. The Bertz CT molecular complexity index is 302. The number of nitriles is 1. The van der Waals surface area contributed by atoms with Crippen molar-refractivity contribution in [1.82, 2.24) is 0 Å². The van der Waals surface area contributed by atoms with Crippen LogP contribution < -0.4 is 4.74 Å². The molecule has 3 heteroatoms. The van der Waals surface area contributed by atoms with Crippen LogP contribution in [0, 0.1) is 10.2 Å². The van der Waals surface area contributed by atoms with Crippen LogP contribution >= 0.6 is 0 Å². The number of aryl methyl sites for hydroxylation is 1. The van der Waals surface area contributed by atoms with Gasteiger partial charge < -0.3 is 0 Å². The monoisotopic (exact) mass is 255 g/mol. The summed E-state index contributed by atoms with van der Waals surface area (Å²) < 4.78 is 5.07. The van der Waals surface area contributed by atoms with Gasteiger partial charge in [-0.2, -0.15) is 0 Å². The van der Waals surface area contributed by atoms with E-state index >= 15 is 0 Å². The van der Waals surface area contributed by atoms with Crippen molar-refractivity contribution < 1.29 is 4.74 Å². The number of ether oxygens (including phenoxy) is 1. The molecule has 1 rings (SSSR count). The van der Waals surface area contributed by atoms with Gasteiger partial charge in [0.05, 0.1) is 0 Å². The van der Waals surface area contributed by atoms with Gasteiger partial charge in [0.1, 0.15) is 0 Å². The van der Waals surface area contributed by atoms with Crippen molar-refractivity contribution in [2.45, 2.75) is 18.2 Å². The molecular weight excluding hydrogens is 241 g/mol. The molecule has 0 amide bonds. The van der Waals surface area contributed by atoms with Crippen molar-refractivity contribution in [2.24, 2.45) is 0 Å². The van der Waals surface area contributed by atoms with Gasteiger partial charge in [-0.05, 0) is 0 Å². The second-order valence-electron chi connectivity index (χ2n) is 2.89. The first-order valence-electron chi connectivity index (χ1n) is 4.50. The van der Waals surface area contributed by atoms with E-state index in [1.54, 1.807) is 7.11 Å². The van der Waals surface area contributed by atoms with E-state index in [0.717, 1.165) is 23.9 Å². The average molecular weight is 254 g/mol. The Morgan fingerprint density at radius 2 is 2.07 bits per heavy atom. The van der Waals surface area contributed by atoms with Gasteiger partial charge in [-0.3, -0.25) is 0 Å². The molecule has 0 aromatic heterocycles. The van der Waals surface area contributed by atoms with Crippen molar-refractivity contribution in [2.75, 3.05) is 7.11 Å². The summed E-state index contributed by atoms with van der Waals surface area (Å²) in [5.41, 5.74) is 1.32. The molecule has 1 aromatic rings. The van der Waals surface area contributed by atoms with Gasteiger partial charge in [-0.25, -0.2) is 0 Å². The molecule has 1 aromatic carbocycles. The molecular formula is C11H13NOSe. The topological polar surface area (TPSA) is 33.0 Å². The molecule has 0 N–H and O–H groups in total. The van der Waals surface area contributed by atoms with E-state index in [2.05, 4.69) is 17.1 Å². The molecule has 0 saturated carbocycles. The molecule has 0 aliphatic rings. The van der Waals surface area contributed by atoms with Gasteiger partial charge in [0, 0.05) is 0 Å². The summed E-state index contributed by atoms with van der Waals surface area (Å²) in [6.45, 7) is 0. The number of hydrogen-bond donors (Lipinski definition) is 0. The predicted octanol–water partition coefficient (Wildman–Crippen LogP) is 2.23. The third-order valence-electron chi connectivity index (χ3n) is 1.94. The first-order valence-corrected chi connectivity index (χ1v) is 6.57. The Labute approximate surface area is 91.0 Å². The van der Waals surface area contributed by atoms with Gasteiger partial charge in [0.15, 0.2) is 0 Å². The molecule has 0 atom stereocenters. The maximum absolute atomic E-state index is 8.39. The summed E-state index contributed by atoms with van der Waals surface area (Å²) in [6, 6.07) is 8.12. The molecule has 0 saturated heterocycles. The Morgan fingerprint density at radius 1 is 1.36 bits per heavy atom. The van der Waals surface area contributed by atoms with Crippen molar-refractivity contribution in [3.63, 3.8) is 0 Å². The van der Waals surface area contributed by atoms with Gasteiger partial charge in [0.2, 0.25) is 0 Å².